The van der Waals surface area contributed by atoms with Crippen LogP contribution in [0.5, 0.6) is 11.5 Å². The average Bonchev–Trinajstić information content (AvgIpc) is 3.01. The number of hydrogen-bond acceptors (Lipinski definition) is 6. The molecular weight excluding hydrogens is 573 g/mol. The van der Waals surface area contributed by atoms with Crippen LogP contribution in [-0.4, -0.2) is 38.7 Å². The van der Waals surface area contributed by atoms with Crippen LogP contribution >= 0.6 is 0 Å². The third-order valence-corrected chi connectivity index (χ3v) is 7.08. The van der Waals surface area contributed by atoms with Gasteiger partial charge >= 0.3 is 6.36 Å². The molecule has 3 aromatic heterocycles. The van der Waals surface area contributed by atoms with E-state index in [2.05, 4.69) is 19.7 Å². The van der Waals surface area contributed by atoms with Crippen LogP contribution in [0, 0.1) is 0 Å². The third kappa shape index (κ3) is 7.05. The third-order valence-electron chi connectivity index (χ3n) is 7.08. The van der Waals surface area contributed by atoms with E-state index in [1.807, 2.05) is 19.9 Å². The van der Waals surface area contributed by atoms with Crippen molar-refractivity contribution in [1.29, 1.82) is 0 Å². The zero-order chi connectivity index (χ0) is 31.3. The van der Waals surface area contributed by atoms with Crippen LogP contribution in [0.2, 0.25) is 0 Å². The Morgan fingerprint density at radius 3 is 2.30 bits per heavy atom. The summed E-state index contributed by atoms with van der Waals surface area (Å²) in [6.45, 7) is 4.37. The number of rotatable bonds is 10. The fraction of sp³-hybridized carbons (Fsp3) is 0.212. The van der Waals surface area contributed by atoms with E-state index in [-0.39, 0.29) is 30.1 Å². The number of fused-ring (bicyclic) bond motifs is 1. The molecule has 5 aromatic rings. The number of alkyl halides is 3. The van der Waals surface area contributed by atoms with Crippen LogP contribution in [0.4, 0.5) is 13.2 Å². The fourth-order valence-electron chi connectivity index (χ4n) is 5.00. The highest BCUT2D eigenvalue weighted by molar-refractivity contribution is 5.85. The smallest absolute Gasteiger partial charge is 0.494 e. The monoisotopic (exact) mass is 602 g/mol. The van der Waals surface area contributed by atoms with Gasteiger partial charge in [-0.3, -0.25) is 19.6 Å². The van der Waals surface area contributed by atoms with E-state index < -0.39 is 12.4 Å². The molecule has 0 saturated carbocycles. The zero-order valence-corrected chi connectivity index (χ0v) is 24.0. The fourth-order valence-corrected chi connectivity index (χ4v) is 5.00. The number of carbonyl (C=O) groups is 1. The highest BCUT2D eigenvalue weighted by Gasteiger charge is 2.31. The van der Waals surface area contributed by atoms with E-state index in [1.165, 1.54) is 30.5 Å². The Balaban J connectivity index is 1.56. The largest absolute Gasteiger partial charge is 0.573 e. The summed E-state index contributed by atoms with van der Waals surface area (Å²) < 4.78 is 47.4. The Kier molecular flexibility index (Phi) is 8.94. The lowest BCUT2D eigenvalue weighted by Gasteiger charge is -2.31. The number of amides is 1. The van der Waals surface area contributed by atoms with Crippen molar-refractivity contribution < 1.29 is 27.4 Å². The van der Waals surface area contributed by atoms with Crippen LogP contribution in [0.25, 0.3) is 22.0 Å². The summed E-state index contributed by atoms with van der Waals surface area (Å²) >= 11 is 0. The second-order valence-corrected chi connectivity index (χ2v) is 10.0. The van der Waals surface area contributed by atoms with Crippen LogP contribution in [0.1, 0.15) is 36.7 Å². The molecule has 1 amide bonds. The Hall–Kier alpha value is -5.19. The van der Waals surface area contributed by atoms with Crippen molar-refractivity contribution in [3.05, 3.63) is 119 Å². The second-order valence-electron chi connectivity index (χ2n) is 10.0. The summed E-state index contributed by atoms with van der Waals surface area (Å²) in [5.41, 5.74) is 3.12. The van der Waals surface area contributed by atoms with Crippen LogP contribution in [-0.2, 0) is 17.8 Å². The van der Waals surface area contributed by atoms with Crippen molar-refractivity contribution in [2.45, 2.75) is 39.2 Å². The molecule has 0 fully saturated rings. The Bertz CT molecular complexity index is 1790. The highest BCUT2D eigenvalue weighted by atomic mass is 19.4. The van der Waals surface area contributed by atoms with Crippen LogP contribution in [0.3, 0.4) is 0 Å². The predicted molar refractivity (Wildman–Crippen MR) is 159 cm³/mol. The molecule has 0 unspecified atom stereocenters. The van der Waals surface area contributed by atoms with Gasteiger partial charge in [0.15, 0.2) is 5.43 Å². The number of benzene rings is 2. The van der Waals surface area contributed by atoms with Gasteiger partial charge in [0.05, 0.1) is 35.5 Å². The average molecular weight is 603 g/mol. The summed E-state index contributed by atoms with van der Waals surface area (Å²) in [4.78, 5) is 41.2. The zero-order valence-electron chi connectivity index (χ0n) is 24.0. The lowest BCUT2D eigenvalue weighted by Crippen LogP contribution is -2.35. The van der Waals surface area contributed by atoms with Crippen molar-refractivity contribution in [3.8, 4) is 22.6 Å². The summed E-state index contributed by atoms with van der Waals surface area (Å²) in [6.07, 6.45) is 1.44. The maximum atomic E-state index is 13.9. The number of halogens is 3. The molecule has 3 heterocycles. The van der Waals surface area contributed by atoms with Gasteiger partial charge in [-0.15, -0.1) is 13.2 Å². The van der Waals surface area contributed by atoms with E-state index in [1.54, 1.807) is 59.9 Å². The quantitative estimate of drug-likeness (QED) is 0.193. The Morgan fingerprint density at radius 2 is 1.64 bits per heavy atom. The number of ether oxygens (including phenoxy) is 2. The molecule has 0 radical (unpaired) electrons. The van der Waals surface area contributed by atoms with Gasteiger partial charge in [0.25, 0.3) is 0 Å². The molecule has 226 valence electrons. The number of H-pyrrole nitrogens is 1. The number of aromatic amines is 1. The molecule has 1 atom stereocenters. The number of pyridine rings is 3. The van der Waals surface area contributed by atoms with Gasteiger partial charge < -0.3 is 19.4 Å². The minimum atomic E-state index is -4.82. The van der Waals surface area contributed by atoms with Gasteiger partial charge in [-0.1, -0.05) is 30.3 Å². The maximum absolute atomic E-state index is 13.9. The molecule has 8 nitrogen and oxygen atoms in total. The van der Waals surface area contributed by atoms with Gasteiger partial charge in [0.2, 0.25) is 5.91 Å². The molecule has 5 rings (SSSR count). The summed E-state index contributed by atoms with van der Waals surface area (Å²) in [5.74, 6) is -0.0264. The van der Waals surface area contributed by atoms with E-state index in [9.17, 15) is 22.8 Å². The molecule has 2 aromatic carbocycles. The summed E-state index contributed by atoms with van der Waals surface area (Å²) in [7, 11) is 0. The minimum absolute atomic E-state index is 0.100. The SMILES string of the molecule is CCOc1ccc(-c2c([C@@H](C)N(Cc3cccnc3)C(=O)Cc3ccc(OC(F)(F)F)cc3)[nH]c3ccncc3c2=O)cc1. The molecular formula is C33H29F3N4O4. The topological polar surface area (TPSA) is 97.4 Å². The van der Waals surface area contributed by atoms with Gasteiger partial charge in [-0.25, -0.2) is 0 Å². The molecule has 44 heavy (non-hydrogen) atoms. The van der Waals surface area contributed by atoms with Crippen molar-refractivity contribution in [3.63, 3.8) is 0 Å². The number of aromatic nitrogens is 3. The molecule has 0 saturated heterocycles. The molecule has 0 aliphatic heterocycles. The van der Waals surface area contributed by atoms with E-state index in [0.717, 1.165) is 5.56 Å². The van der Waals surface area contributed by atoms with Gasteiger partial charge in [0, 0.05) is 37.0 Å². The molecule has 0 aliphatic carbocycles. The first kappa shape index (κ1) is 30.3. The number of nitrogens with one attached hydrogen (secondary N) is 1. The van der Waals surface area contributed by atoms with Crippen molar-refractivity contribution >= 4 is 16.8 Å². The lowest BCUT2D eigenvalue weighted by atomic mass is 9.96. The Morgan fingerprint density at radius 1 is 0.932 bits per heavy atom. The highest BCUT2D eigenvalue weighted by Crippen LogP contribution is 2.32. The first-order valence-electron chi connectivity index (χ1n) is 13.9. The van der Waals surface area contributed by atoms with Gasteiger partial charge in [-0.05, 0) is 66.9 Å². The standard InChI is InChI=1S/C33H29F3N4O4/c1-3-43-25-12-8-24(9-13-25)30-31(39-28-14-16-38-19-27(28)32(30)42)21(2)40(20-23-5-4-15-37-18-23)29(41)17-22-6-10-26(11-7-22)44-33(34,35)36/h4-16,18-19,21H,3,17,20H2,1-2H3,(H,39,42)/t21-/m1/s1. The molecule has 0 bridgehead atoms. The number of nitrogens with zero attached hydrogens (tertiary/aromatic N) is 3. The van der Waals surface area contributed by atoms with Crippen molar-refractivity contribution in [2.75, 3.05) is 6.61 Å². The summed E-state index contributed by atoms with van der Waals surface area (Å²) in [5, 5.41) is 0.402. The van der Waals surface area contributed by atoms with Crippen molar-refractivity contribution in [2.24, 2.45) is 0 Å². The van der Waals surface area contributed by atoms with Crippen LogP contribution < -0.4 is 14.9 Å². The first-order valence-corrected chi connectivity index (χ1v) is 13.9. The van der Waals surface area contributed by atoms with Crippen LogP contribution in [0.15, 0.2) is 96.3 Å². The van der Waals surface area contributed by atoms with E-state index in [4.69, 9.17) is 4.74 Å². The maximum Gasteiger partial charge on any atom is 0.573 e. The summed E-state index contributed by atoms with van der Waals surface area (Å²) in [6, 6.07) is 17.0. The normalized spacial score (nSPS) is 12.1. The lowest BCUT2D eigenvalue weighted by molar-refractivity contribution is -0.274. The molecule has 1 N–H and O–H groups in total. The molecule has 11 heteroatoms. The number of hydrogen-bond donors (Lipinski definition) is 1. The van der Waals surface area contributed by atoms with E-state index >= 15 is 0 Å². The number of carbonyl (C=O) groups excluding carboxylic acids is 1. The minimum Gasteiger partial charge on any atom is -0.494 e. The predicted octanol–water partition coefficient (Wildman–Crippen LogP) is 6.61. The van der Waals surface area contributed by atoms with E-state index in [0.29, 0.717) is 45.6 Å². The molecule has 0 spiro atoms. The second kappa shape index (κ2) is 13.0. The molecule has 0 aliphatic rings. The van der Waals surface area contributed by atoms with Gasteiger partial charge in [-0.2, -0.15) is 0 Å². The van der Waals surface area contributed by atoms with Gasteiger partial charge in [0.1, 0.15) is 11.5 Å². The Labute approximate surface area is 251 Å². The van der Waals surface area contributed by atoms with Crippen molar-refractivity contribution in [1.82, 2.24) is 19.9 Å². The first-order chi connectivity index (χ1) is 21.1.